The molecule has 0 atom stereocenters. The molecule has 0 bridgehead atoms. The molecule has 2 aromatic carbocycles. The van der Waals surface area contributed by atoms with Crippen molar-refractivity contribution >= 4 is 34.9 Å². The summed E-state index contributed by atoms with van der Waals surface area (Å²) in [5.74, 6) is -1.95. The molecule has 0 fully saturated rings. The predicted molar refractivity (Wildman–Crippen MR) is 111 cm³/mol. The lowest BCUT2D eigenvalue weighted by atomic mass is 10.1. The maximum absolute atomic E-state index is 12.2. The topological polar surface area (TPSA) is 83.9 Å². The summed E-state index contributed by atoms with van der Waals surface area (Å²) in [6, 6.07) is 20.6. The maximum Gasteiger partial charge on any atom is 0.348 e. The van der Waals surface area contributed by atoms with Gasteiger partial charge in [0.05, 0.1) is 6.54 Å². The molecule has 0 aliphatic rings. The van der Waals surface area contributed by atoms with Gasteiger partial charge in [-0.1, -0.05) is 42.5 Å². The Kier molecular flexibility index (Phi) is 6.41. The zero-order chi connectivity index (χ0) is 20.8. The number of esters is 1. The van der Waals surface area contributed by atoms with Gasteiger partial charge in [0.25, 0.3) is 0 Å². The highest BCUT2D eigenvalue weighted by Gasteiger charge is 2.16. The van der Waals surface area contributed by atoms with E-state index >= 15 is 0 Å². The minimum atomic E-state index is -1.20. The zero-order valence-corrected chi connectivity index (χ0v) is 16.5. The summed E-state index contributed by atoms with van der Waals surface area (Å²) in [4.78, 5) is 37.5. The van der Waals surface area contributed by atoms with E-state index in [1.54, 1.807) is 17.0 Å². The molecular formula is C22H19NO5S. The second kappa shape index (κ2) is 9.16. The van der Waals surface area contributed by atoms with E-state index in [2.05, 4.69) is 0 Å². The number of nitrogens with zero attached hydrogens (tertiary/aromatic N) is 1. The van der Waals surface area contributed by atoms with E-state index in [1.165, 1.54) is 18.3 Å². The molecule has 0 spiro atoms. The lowest BCUT2D eigenvalue weighted by Crippen LogP contribution is -2.27. The van der Waals surface area contributed by atoms with Crippen LogP contribution in [0.4, 0.5) is 5.69 Å². The predicted octanol–water partition coefficient (Wildman–Crippen LogP) is 4.21. The summed E-state index contributed by atoms with van der Waals surface area (Å²) in [5.41, 5.74) is 2.62. The van der Waals surface area contributed by atoms with E-state index in [4.69, 9.17) is 9.84 Å². The second-order valence-electron chi connectivity index (χ2n) is 6.27. The van der Waals surface area contributed by atoms with E-state index in [1.807, 2.05) is 54.6 Å². The molecule has 7 heteroatoms. The molecule has 1 amide bonds. The molecule has 1 heterocycles. The summed E-state index contributed by atoms with van der Waals surface area (Å²) in [6.45, 7) is 1.31. The zero-order valence-electron chi connectivity index (χ0n) is 15.7. The molecule has 0 saturated carbocycles. The highest BCUT2D eigenvalue weighted by atomic mass is 32.1. The van der Waals surface area contributed by atoms with Crippen LogP contribution in [0.2, 0.25) is 0 Å². The Morgan fingerprint density at radius 3 is 2.45 bits per heavy atom. The number of anilines is 1. The minimum Gasteiger partial charge on any atom is -0.479 e. The number of hydrogen-bond donors (Lipinski definition) is 1. The minimum absolute atomic E-state index is 0.0740. The monoisotopic (exact) mass is 409 g/mol. The van der Waals surface area contributed by atoms with E-state index in [0.29, 0.717) is 11.4 Å². The van der Waals surface area contributed by atoms with Crippen molar-refractivity contribution in [3.05, 3.63) is 77.2 Å². The molecule has 3 rings (SSSR count). The molecule has 0 saturated heterocycles. The second-order valence-corrected chi connectivity index (χ2v) is 7.36. The van der Waals surface area contributed by atoms with Gasteiger partial charge in [0.1, 0.15) is 4.88 Å². The number of rotatable bonds is 7. The van der Waals surface area contributed by atoms with E-state index in [0.717, 1.165) is 21.7 Å². The molecule has 3 aromatic rings. The normalized spacial score (nSPS) is 10.4. The van der Waals surface area contributed by atoms with Gasteiger partial charge >= 0.3 is 11.9 Å². The van der Waals surface area contributed by atoms with E-state index in [-0.39, 0.29) is 5.91 Å². The first-order valence-corrected chi connectivity index (χ1v) is 9.67. The molecule has 1 aromatic heterocycles. The third-order valence-corrected chi connectivity index (χ3v) is 5.25. The standard InChI is InChI=1S/C22H19NO5S/c1-15(24)23(13-16-6-3-2-4-7-16)18-9-5-8-17(12-18)19-10-11-20(29-19)22(27)28-14-21(25)26/h2-12H,13-14H2,1H3,(H,25,26). The van der Waals surface area contributed by atoms with Crippen LogP contribution in [0.1, 0.15) is 22.2 Å². The highest BCUT2D eigenvalue weighted by molar-refractivity contribution is 7.17. The lowest BCUT2D eigenvalue weighted by Gasteiger charge is -2.22. The van der Waals surface area contributed by atoms with Gasteiger partial charge in [0.15, 0.2) is 6.61 Å². The Bertz CT molecular complexity index is 1030. The van der Waals surface area contributed by atoms with Crippen molar-refractivity contribution in [3.8, 4) is 10.4 Å². The fourth-order valence-corrected chi connectivity index (χ4v) is 3.67. The highest BCUT2D eigenvalue weighted by Crippen LogP contribution is 2.31. The number of thiophene rings is 1. The number of carbonyl (C=O) groups excluding carboxylic acids is 2. The van der Waals surface area contributed by atoms with Crippen LogP contribution in [0.15, 0.2) is 66.7 Å². The van der Waals surface area contributed by atoms with E-state index in [9.17, 15) is 14.4 Å². The Hall–Kier alpha value is -3.45. The van der Waals surface area contributed by atoms with Gasteiger partial charge in [-0.15, -0.1) is 11.3 Å². The largest absolute Gasteiger partial charge is 0.479 e. The average molecular weight is 409 g/mol. The molecule has 0 aliphatic carbocycles. The quantitative estimate of drug-likeness (QED) is 0.591. The number of aliphatic carboxylic acids is 1. The van der Waals surface area contributed by atoms with Gasteiger partial charge < -0.3 is 14.7 Å². The molecular weight excluding hydrogens is 390 g/mol. The summed E-state index contributed by atoms with van der Waals surface area (Å²) in [5, 5.41) is 8.62. The van der Waals surface area contributed by atoms with Crippen LogP contribution in [0, 0.1) is 0 Å². The summed E-state index contributed by atoms with van der Waals surface area (Å²) >= 11 is 1.21. The summed E-state index contributed by atoms with van der Waals surface area (Å²) in [6.07, 6.45) is 0. The SMILES string of the molecule is CC(=O)N(Cc1ccccc1)c1cccc(-c2ccc(C(=O)OCC(=O)O)s2)c1. The number of benzene rings is 2. The first-order chi connectivity index (χ1) is 13.9. The van der Waals surface area contributed by atoms with Crippen molar-refractivity contribution in [2.45, 2.75) is 13.5 Å². The molecule has 29 heavy (non-hydrogen) atoms. The van der Waals surface area contributed by atoms with Crippen LogP contribution in [0.3, 0.4) is 0 Å². The first-order valence-electron chi connectivity index (χ1n) is 8.85. The van der Waals surface area contributed by atoms with Crippen LogP contribution in [-0.2, 0) is 20.9 Å². The van der Waals surface area contributed by atoms with Crippen LogP contribution >= 0.6 is 11.3 Å². The molecule has 148 valence electrons. The smallest absolute Gasteiger partial charge is 0.348 e. The van der Waals surface area contributed by atoms with Crippen molar-refractivity contribution < 1.29 is 24.2 Å². The van der Waals surface area contributed by atoms with Gasteiger partial charge in [0, 0.05) is 17.5 Å². The number of carboxylic acid groups (broad SMARTS) is 1. The Labute approximate surface area is 172 Å². The van der Waals surface area contributed by atoms with Crippen molar-refractivity contribution in [1.29, 1.82) is 0 Å². The van der Waals surface area contributed by atoms with Gasteiger partial charge in [-0.05, 0) is 35.4 Å². The first kappa shape index (κ1) is 20.3. The summed E-state index contributed by atoms with van der Waals surface area (Å²) < 4.78 is 4.72. The number of carboxylic acids is 1. The fourth-order valence-electron chi connectivity index (χ4n) is 2.78. The number of carbonyl (C=O) groups is 3. The fraction of sp³-hybridized carbons (Fsp3) is 0.136. The maximum atomic E-state index is 12.2. The number of hydrogen-bond acceptors (Lipinski definition) is 5. The van der Waals surface area contributed by atoms with Crippen molar-refractivity contribution in [2.75, 3.05) is 11.5 Å². The van der Waals surface area contributed by atoms with Crippen LogP contribution in [0.25, 0.3) is 10.4 Å². The van der Waals surface area contributed by atoms with Crippen molar-refractivity contribution in [3.63, 3.8) is 0 Å². The molecule has 0 aliphatic heterocycles. The number of amides is 1. The molecule has 6 nitrogen and oxygen atoms in total. The van der Waals surface area contributed by atoms with E-state index < -0.39 is 18.5 Å². The average Bonchev–Trinajstić information content (AvgIpc) is 3.21. The van der Waals surface area contributed by atoms with Crippen molar-refractivity contribution in [2.24, 2.45) is 0 Å². The molecule has 0 unspecified atom stereocenters. The Morgan fingerprint density at radius 2 is 1.76 bits per heavy atom. The van der Waals surface area contributed by atoms with Gasteiger partial charge in [-0.2, -0.15) is 0 Å². The third-order valence-electron chi connectivity index (χ3n) is 4.14. The lowest BCUT2D eigenvalue weighted by molar-refractivity contribution is -0.140. The van der Waals surface area contributed by atoms with Crippen LogP contribution in [0.5, 0.6) is 0 Å². The molecule has 0 radical (unpaired) electrons. The van der Waals surface area contributed by atoms with Crippen molar-refractivity contribution in [1.82, 2.24) is 0 Å². The van der Waals surface area contributed by atoms with Gasteiger partial charge in [0.2, 0.25) is 5.91 Å². The van der Waals surface area contributed by atoms with Gasteiger partial charge in [-0.3, -0.25) is 4.79 Å². The Morgan fingerprint density at radius 1 is 1.00 bits per heavy atom. The van der Waals surface area contributed by atoms with Gasteiger partial charge in [-0.25, -0.2) is 9.59 Å². The molecule has 1 N–H and O–H groups in total. The third kappa shape index (κ3) is 5.30. The number of ether oxygens (including phenoxy) is 1. The van der Waals surface area contributed by atoms with Crippen LogP contribution in [-0.4, -0.2) is 29.6 Å². The summed E-state index contributed by atoms with van der Waals surface area (Å²) in [7, 11) is 0. The Balaban J connectivity index is 1.82. The van der Waals surface area contributed by atoms with Crippen LogP contribution < -0.4 is 4.90 Å².